The van der Waals surface area contributed by atoms with Crippen LogP contribution < -0.4 is 5.32 Å². The molecule has 0 saturated carbocycles. The molecule has 0 bridgehead atoms. The van der Waals surface area contributed by atoms with Crippen molar-refractivity contribution in [3.63, 3.8) is 0 Å². The zero-order valence-corrected chi connectivity index (χ0v) is 20.4. The second-order valence-electron chi connectivity index (χ2n) is 7.77. The highest BCUT2D eigenvalue weighted by Gasteiger charge is 2.00. The van der Waals surface area contributed by atoms with Gasteiger partial charge < -0.3 is 29.0 Å². The molecule has 0 aromatic heterocycles. The molecule has 32 heavy (non-hydrogen) atoms. The number of likely N-dealkylation sites (N-methyl/N-ethyl adjacent to an activating group) is 1. The van der Waals surface area contributed by atoms with Gasteiger partial charge in [0.25, 0.3) is 0 Å². The van der Waals surface area contributed by atoms with Crippen molar-refractivity contribution in [2.45, 2.75) is 64.2 Å². The Kier molecular flexibility index (Phi) is 27.8. The lowest BCUT2D eigenvalue weighted by atomic mass is 10.1. The van der Waals surface area contributed by atoms with Gasteiger partial charge in [-0.3, -0.25) is 4.79 Å². The van der Waals surface area contributed by atoms with E-state index in [2.05, 4.69) is 5.32 Å². The summed E-state index contributed by atoms with van der Waals surface area (Å²) < 4.78 is 39.4. The average Bonchev–Trinajstić information content (AvgIpc) is 2.81. The molecule has 0 aromatic carbocycles. The summed E-state index contributed by atoms with van der Waals surface area (Å²) in [6.07, 6.45) is 10.1. The highest BCUT2D eigenvalue weighted by molar-refractivity contribution is 5.79. The maximum atomic E-state index is 12.0. The molecule has 0 aliphatic carbocycles. The second kappa shape index (κ2) is 28.4. The van der Waals surface area contributed by atoms with Gasteiger partial charge in [-0.05, 0) is 32.7 Å². The highest BCUT2D eigenvalue weighted by Crippen LogP contribution is 2.06. The van der Waals surface area contributed by atoms with Gasteiger partial charge in [0, 0.05) is 32.8 Å². The van der Waals surface area contributed by atoms with Crippen LogP contribution in [-0.2, 0) is 28.5 Å². The molecule has 1 N–H and O–H groups in total. The first-order valence-corrected chi connectivity index (χ1v) is 12.4. The molecule has 0 rings (SSSR count). The number of unbranched alkanes of at least 4 members (excludes halogenated alkanes) is 7. The smallest absolute Gasteiger partial charge is 0.163 e. The third-order valence-corrected chi connectivity index (χ3v) is 4.83. The minimum atomic E-state index is -0.829. The molecule has 7 nitrogen and oxygen atoms in total. The van der Waals surface area contributed by atoms with Gasteiger partial charge in [0.2, 0.25) is 0 Å². The second-order valence-corrected chi connectivity index (χ2v) is 7.77. The van der Waals surface area contributed by atoms with Crippen LogP contribution in [-0.4, -0.2) is 92.1 Å². The first-order valence-electron chi connectivity index (χ1n) is 12.4. The van der Waals surface area contributed by atoms with E-state index in [1.807, 2.05) is 7.05 Å². The average molecular weight is 466 g/mol. The number of hydrogen-bond acceptors (Lipinski definition) is 7. The molecular formula is C24H48FNO6. The Hall–Kier alpha value is -0.640. The summed E-state index contributed by atoms with van der Waals surface area (Å²) in [5, 5.41) is 3.02. The molecule has 0 heterocycles. The van der Waals surface area contributed by atoms with E-state index in [1.165, 1.54) is 25.7 Å². The number of carbonyl (C=O) groups excluding carboxylic acids is 1. The SMILES string of the molecule is CNCCOCCOCCOCCOCCCCCCCCOCCCCCC(=O)CF. The normalized spacial score (nSPS) is 11.3. The van der Waals surface area contributed by atoms with E-state index in [0.717, 1.165) is 58.5 Å². The molecule has 0 amide bonds. The minimum absolute atomic E-state index is 0.290. The van der Waals surface area contributed by atoms with Crippen LogP contribution in [0.25, 0.3) is 0 Å². The maximum absolute atomic E-state index is 12.0. The van der Waals surface area contributed by atoms with Gasteiger partial charge >= 0.3 is 0 Å². The van der Waals surface area contributed by atoms with Crippen LogP contribution in [0, 0.1) is 0 Å². The molecule has 0 aliphatic rings. The predicted molar refractivity (Wildman–Crippen MR) is 125 cm³/mol. The van der Waals surface area contributed by atoms with Crippen LogP contribution in [0.2, 0.25) is 0 Å². The van der Waals surface area contributed by atoms with Gasteiger partial charge in [0.05, 0.1) is 46.2 Å². The lowest BCUT2D eigenvalue weighted by Gasteiger charge is -2.07. The molecular weight excluding hydrogens is 417 g/mol. The summed E-state index contributed by atoms with van der Waals surface area (Å²) in [6.45, 7) is 6.72. The highest BCUT2D eigenvalue weighted by atomic mass is 19.1. The summed E-state index contributed by atoms with van der Waals surface area (Å²) in [4.78, 5) is 10.8. The van der Waals surface area contributed by atoms with E-state index >= 15 is 0 Å². The van der Waals surface area contributed by atoms with Gasteiger partial charge in [-0.1, -0.05) is 32.1 Å². The molecule has 8 heteroatoms. The Labute approximate surface area is 195 Å². The predicted octanol–water partition coefficient (Wildman–Crippen LogP) is 3.73. The van der Waals surface area contributed by atoms with E-state index in [9.17, 15) is 9.18 Å². The molecule has 0 radical (unpaired) electrons. The van der Waals surface area contributed by atoms with Crippen molar-refractivity contribution >= 4 is 5.78 Å². The van der Waals surface area contributed by atoms with Gasteiger partial charge in [0.15, 0.2) is 5.78 Å². The van der Waals surface area contributed by atoms with Crippen molar-refractivity contribution < 1.29 is 32.9 Å². The number of carbonyl (C=O) groups is 1. The molecule has 0 saturated heterocycles. The molecule has 0 atom stereocenters. The van der Waals surface area contributed by atoms with E-state index < -0.39 is 6.67 Å². The van der Waals surface area contributed by atoms with Crippen molar-refractivity contribution in [1.82, 2.24) is 5.32 Å². The summed E-state index contributed by atoms with van der Waals surface area (Å²) in [5.74, 6) is -0.290. The zero-order valence-electron chi connectivity index (χ0n) is 20.4. The fourth-order valence-electron chi connectivity index (χ4n) is 2.92. The maximum Gasteiger partial charge on any atom is 0.163 e. The Morgan fingerprint density at radius 2 is 0.938 bits per heavy atom. The first-order chi connectivity index (χ1) is 15.8. The number of ether oxygens (including phenoxy) is 5. The summed E-state index contributed by atoms with van der Waals surface area (Å²) in [7, 11) is 1.90. The number of alkyl halides is 1. The summed E-state index contributed by atoms with van der Waals surface area (Å²) in [6, 6.07) is 0. The molecule has 0 spiro atoms. The molecule has 0 aromatic rings. The van der Waals surface area contributed by atoms with Crippen LogP contribution in [0.4, 0.5) is 4.39 Å². The van der Waals surface area contributed by atoms with E-state index in [1.54, 1.807) is 0 Å². The van der Waals surface area contributed by atoms with Crippen LogP contribution in [0.5, 0.6) is 0 Å². The van der Waals surface area contributed by atoms with Gasteiger partial charge in [-0.2, -0.15) is 0 Å². The Morgan fingerprint density at radius 3 is 1.41 bits per heavy atom. The van der Waals surface area contributed by atoms with Crippen molar-refractivity contribution in [1.29, 1.82) is 0 Å². The monoisotopic (exact) mass is 465 g/mol. The van der Waals surface area contributed by atoms with Crippen molar-refractivity contribution in [2.75, 3.05) is 86.3 Å². The number of halogens is 1. The fourth-order valence-corrected chi connectivity index (χ4v) is 2.92. The summed E-state index contributed by atoms with van der Waals surface area (Å²) >= 11 is 0. The van der Waals surface area contributed by atoms with E-state index in [0.29, 0.717) is 52.7 Å². The summed E-state index contributed by atoms with van der Waals surface area (Å²) in [5.41, 5.74) is 0. The van der Waals surface area contributed by atoms with Crippen LogP contribution in [0.1, 0.15) is 64.2 Å². The fraction of sp³-hybridized carbons (Fsp3) is 0.958. The molecule has 0 fully saturated rings. The van der Waals surface area contributed by atoms with Crippen LogP contribution in [0.3, 0.4) is 0 Å². The van der Waals surface area contributed by atoms with Gasteiger partial charge in [-0.25, -0.2) is 4.39 Å². The van der Waals surface area contributed by atoms with Crippen molar-refractivity contribution in [2.24, 2.45) is 0 Å². The van der Waals surface area contributed by atoms with Crippen molar-refractivity contribution in [3.05, 3.63) is 0 Å². The quantitative estimate of drug-likeness (QED) is 0.177. The molecule has 192 valence electrons. The number of hydrogen-bond donors (Lipinski definition) is 1. The molecule has 0 aliphatic heterocycles. The van der Waals surface area contributed by atoms with Crippen molar-refractivity contribution in [3.8, 4) is 0 Å². The van der Waals surface area contributed by atoms with Crippen LogP contribution in [0.15, 0.2) is 0 Å². The zero-order chi connectivity index (χ0) is 23.4. The third kappa shape index (κ3) is 27.4. The van der Waals surface area contributed by atoms with Gasteiger partial charge in [0.1, 0.15) is 6.67 Å². The number of ketones is 1. The Bertz CT molecular complexity index is 376. The third-order valence-electron chi connectivity index (χ3n) is 4.83. The molecule has 0 unspecified atom stereocenters. The first kappa shape index (κ1) is 31.4. The van der Waals surface area contributed by atoms with E-state index in [4.69, 9.17) is 23.7 Å². The van der Waals surface area contributed by atoms with Gasteiger partial charge in [-0.15, -0.1) is 0 Å². The largest absolute Gasteiger partial charge is 0.381 e. The van der Waals surface area contributed by atoms with Crippen LogP contribution >= 0.6 is 0 Å². The lowest BCUT2D eigenvalue weighted by Crippen LogP contribution is -2.17. The minimum Gasteiger partial charge on any atom is -0.381 e. The standard InChI is InChI=1S/C24H48FNO6/c1-26-12-16-30-18-20-32-22-21-31-19-17-29-15-9-5-3-2-4-8-13-28-14-10-6-7-11-24(27)23-25/h26H,2-23H2,1H3. The number of nitrogens with one attached hydrogen (secondary N) is 1. The topological polar surface area (TPSA) is 75.2 Å². The Morgan fingerprint density at radius 1 is 0.562 bits per heavy atom. The number of Topliss-reactive ketones (excluding diaryl/α,β-unsaturated/α-hetero) is 1. The lowest BCUT2D eigenvalue weighted by molar-refractivity contribution is -0.120. The Balaban J connectivity index is 3.02. The number of rotatable bonds is 28. The van der Waals surface area contributed by atoms with E-state index in [-0.39, 0.29) is 5.78 Å².